The Morgan fingerprint density at radius 2 is 1.81 bits per heavy atom. The van der Waals surface area contributed by atoms with Gasteiger partial charge in [0.2, 0.25) is 11.8 Å². The molecule has 1 aromatic carbocycles. The van der Waals surface area contributed by atoms with Gasteiger partial charge in [-0.15, -0.1) is 11.8 Å². The van der Waals surface area contributed by atoms with E-state index in [0.717, 1.165) is 4.90 Å². The molecule has 188 valence electrons. The number of fused-ring (bicyclic) bond motifs is 1. The van der Waals surface area contributed by atoms with Crippen molar-refractivity contribution in [2.75, 3.05) is 5.75 Å². The lowest BCUT2D eigenvalue weighted by molar-refractivity contribution is -0.689. The molecule has 1 aromatic heterocycles. The molecule has 2 aromatic rings. The molecule has 0 spiro atoms. The highest BCUT2D eigenvalue weighted by Crippen LogP contribution is 2.40. The summed E-state index contributed by atoms with van der Waals surface area (Å²) in [7, 11) is -4.85. The molecule has 0 saturated carbocycles. The van der Waals surface area contributed by atoms with Crippen molar-refractivity contribution in [1.29, 1.82) is 0 Å². The number of rotatable bonds is 8. The molecule has 2 aliphatic rings. The Kier molecular flexibility index (Phi) is 6.84. The number of nitrogens with one attached hydrogen (secondary N) is 1. The van der Waals surface area contributed by atoms with Crippen molar-refractivity contribution in [3.8, 4) is 0 Å². The second kappa shape index (κ2) is 9.72. The number of hydrogen-bond donors (Lipinski definition) is 4. The van der Waals surface area contributed by atoms with Gasteiger partial charge in [-0.25, -0.2) is 9.36 Å². The van der Waals surface area contributed by atoms with E-state index in [1.807, 2.05) is 0 Å². The van der Waals surface area contributed by atoms with Crippen LogP contribution in [0.25, 0.3) is 0 Å². The third-order valence-corrected chi connectivity index (χ3v) is 8.16. The summed E-state index contributed by atoms with van der Waals surface area (Å²) < 4.78 is 35.1. The number of nitrogens with zero attached hydrogens (tertiary/aromatic N) is 2. The van der Waals surface area contributed by atoms with Crippen molar-refractivity contribution >= 4 is 45.6 Å². The summed E-state index contributed by atoms with van der Waals surface area (Å²) in [5.74, 6) is -3.53. The molecule has 3 heterocycles. The largest absolute Gasteiger partial charge is 0.477 e. The lowest BCUT2D eigenvalue weighted by Crippen LogP contribution is -2.71. The highest BCUT2D eigenvalue weighted by atomic mass is 32.2. The fraction of sp³-hybridized carbons (Fsp3) is 0.227. The normalized spacial score (nSPS) is 20.2. The molecule has 2 aliphatic heterocycles. The fourth-order valence-electron chi connectivity index (χ4n) is 4.07. The van der Waals surface area contributed by atoms with Gasteiger partial charge in [0, 0.05) is 23.5 Å². The van der Waals surface area contributed by atoms with Crippen molar-refractivity contribution in [3.63, 3.8) is 0 Å². The molecular weight excluding hydrogens is 512 g/mol. The number of primary amides is 1. The lowest BCUT2D eigenvalue weighted by Gasteiger charge is -2.49. The minimum Gasteiger partial charge on any atom is -0.477 e. The number of carbonyl (C=O) groups is 4. The van der Waals surface area contributed by atoms with E-state index in [-0.39, 0.29) is 29.1 Å². The van der Waals surface area contributed by atoms with Crippen LogP contribution in [0.3, 0.4) is 0 Å². The van der Waals surface area contributed by atoms with E-state index in [2.05, 4.69) is 5.32 Å². The monoisotopic (exact) mass is 533 g/mol. The van der Waals surface area contributed by atoms with E-state index in [0.29, 0.717) is 5.57 Å². The van der Waals surface area contributed by atoms with Crippen molar-refractivity contribution in [1.82, 2.24) is 10.2 Å². The van der Waals surface area contributed by atoms with Crippen LogP contribution in [0.2, 0.25) is 0 Å². The molecule has 1 saturated heterocycles. The maximum absolute atomic E-state index is 12.9. The van der Waals surface area contributed by atoms with Crippen LogP contribution in [0, 0.1) is 0 Å². The molecule has 36 heavy (non-hydrogen) atoms. The maximum atomic E-state index is 12.9. The van der Waals surface area contributed by atoms with Gasteiger partial charge in [-0.3, -0.25) is 23.8 Å². The van der Waals surface area contributed by atoms with Crippen molar-refractivity contribution in [3.05, 3.63) is 77.3 Å². The van der Waals surface area contributed by atoms with Gasteiger partial charge in [0.25, 0.3) is 16.0 Å². The van der Waals surface area contributed by atoms with Crippen molar-refractivity contribution in [2.45, 2.75) is 23.2 Å². The molecule has 3 atom stereocenters. The lowest BCUT2D eigenvalue weighted by atomic mass is 10.0. The number of nitrogens with two attached hydrogens (primary N) is 1. The second-order valence-electron chi connectivity index (χ2n) is 8.08. The Morgan fingerprint density at radius 1 is 1.17 bits per heavy atom. The molecule has 4 rings (SSSR count). The first-order valence-electron chi connectivity index (χ1n) is 10.5. The Hall–Kier alpha value is -3.75. The standard InChI is InChI=1S/C22H20N4O8S2/c23-18(27)13-6-8-25(9-7-13)10-14-11-35-21-15(20(29)26(21)16(14)22(30)31)24-19(28)17(36(32,33)34)12-4-2-1-3-5-12/h1-9,15,17,21H,10-11H2,(H4-,23,24,27,28,30,31,32,33,34)/p+1/t15-,17+,21+/m1/s1. The molecule has 5 N–H and O–H groups in total. The Bertz CT molecular complexity index is 1380. The summed E-state index contributed by atoms with van der Waals surface area (Å²) in [6.45, 7) is 0.125. The number of β-lactam (4-membered cyclic amide) rings is 1. The SMILES string of the molecule is NC(=O)c1cc[n+](CC2=C(C(=O)O)N3C(=O)[C@@H](NC(=O)[C@H](c4ccccc4)S(=O)(=O)O)[C@@H]3SC2)cc1. The van der Waals surface area contributed by atoms with E-state index >= 15 is 0 Å². The van der Waals surface area contributed by atoms with Crippen LogP contribution < -0.4 is 15.6 Å². The summed E-state index contributed by atoms with van der Waals surface area (Å²) in [4.78, 5) is 50.1. The van der Waals surface area contributed by atoms with Gasteiger partial charge >= 0.3 is 5.97 Å². The molecule has 3 amide bonds. The predicted octanol–water partition coefficient (Wildman–Crippen LogP) is -0.559. The van der Waals surface area contributed by atoms with Crippen molar-refractivity contribution in [2.24, 2.45) is 5.73 Å². The fourth-order valence-corrected chi connectivity index (χ4v) is 6.24. The topological polar surface area (TPSA) is 188 Å². The Labute approximate surface area is 209 Å². The van der Waals surface area contributed by atoms with Crippen LogP contribution >= 0.6 is 11.8 Å². The Balaban J connectivity index is 1.54. The Morgan fingerprint density at radius 3 is 2.36 bits per heavy atom. The zero-order chi connectivity index (χ0) is 26.2. The van der Waals surface area contributed by atoms with Gasteiger partial charge < -0.3 is 16.2 Å². The number of thioether (sulfide) groups is 1. The number of hydrogen-bond acceptors (Lipinski definition) is 7. The number of pyridine rings is 1. The number of benzene rings is 1. The summed E-state index contributed by atoms with van der Waals surface area (Å²) in [6, 6.07) is 9.12. The molecule has 14 heteroatoms. The van der Waals surface area contributed by atoms with Gasteiger partial charge in [0.05, 0.1) is 5.56 Å². The number of amides is 3. The minimum absolute atomic E-state index is 0.0187. The first-order chi connectivity index (χ1) is 17.0. The maximum Gasteiger partial charge on any atom is 0.352 e. The zero-order valence-corrected chi connectivity index (χ0v) is 20.1. The summed E-state index contributed by atoms with van der Waals surface area (Å²) in [5, 5.41) is 9.47. The highest BCUT2D eigenvalue weighted by Gasteiger charge is 2.55. The van der Waals surface area contributed by atoms with E-state index in [9.17, 15) is 37.3 Å². The van der Waals surface area contributed by atoms with Crippen LogP contribution in [0.15, 0.2) is 66.1 Å². The van der Waals surface area contributed by atoms with Gasteiger partial charge in [-0.2, -0.15) is 8.42 Å². The van der Waals surface area contributed by atoms with E-state index < -0.39 is 50.5 Å². The molecule has 1 fully saturated rings. The summed E-state index contributed by atoms with van der Waals surface area (Å²) >= 11 is 1.21. The van der Waals surface area contributed by atoms with Crippen LogP contribution in [0.1, 0.15) is 21.2 Å². The molecular formula is C22H21N4O8S2+. The number of aliphatic carboxylic acids is 1. The average Bonchev–Trinajstić information content (AvgIpc) is 2.82. The first-order valence-corrected chi connectivity index (χ1v) is 13.0. The number of carbonyl (C=O) groups excluding carboxylic acids is 3. The van der Waals surface area contributed by atoms with Crippen LogP contribution in [0.5, 0.6) is 0 Å². The van der Waals surface area contributed by atoms with Crippen LogP contribution in [0.4, 0.5) is 0 Å². The number of carboxylic acid groups (broad SMARTS) is 1. The smallest absolute Gasteiger partial charge is 0.352 e. The van der Waals surface area contributed by atoms with Crippen molar-refractivity contribution < 1.29 is 41.8 Å². The average molecular weight is 534 g/mol. The molecule has 12 nitrogen and oxygen atoms in total. The van der Waals surface area contributed by atoms with Gasteiger partial charge in [-0.1, -0.05) is 30.3 Å². The number of aromatic nitrogens is 1. The second-order valence-corrected chi connectivity index (χ2v) is 10.7. The van der Waals surface area contributed by atoms with E-state index in [4.69, 9.17) is 5.73 Å². The van der Waals surface area contributed by atoms with E-state index in [1.165, 1.54) is 48.2 Å². The highest BCUT2D eigenvalue weighted by molar-refractivity contribution is 8.00. The third-order valence-electron chi connectivity index (χ3n) is 5.73. The molecule has 0 aliphatic carbocycles. The quantitative estimate of drug-likeness (QED) is 0.196. The zero-order valence-electron chi connectivity index (χ0n) is 18.5. The molecule has 0 unspecified atom stereocenters. The first kappa shape index (κ1) is 25.3. The molecule has 0 radical (unpaired) electrons. The predicted molar refractivity (Wildman–Crippen MR) is 126 cm³/mol. The number of carboxylic acids is 1. The van der Waals surface area contributed by atoms with Gasteiger partial charge in [0.15, 0.2) is 24.2 Å². The van der Waals surface area contributed by atoms with E-state index in [1.54, 1.807) is 23.0 Å². The molecule has 0 bridgehead atoms. The van der Waals surface area contributed by atoms with Crippen LogP contribution in [-0.4, -0.2) is 63.8 Å². The third kappa shape index (κ3) is 4.82. The summed E-state index contributed by atoms with van der Waals surface area (Å²) in [5.41, 5.74) is 5.73. The van der Waals surface area contributed by atoms with Gasteiger partial charge in [0.1, 0.15) is 17.1 Å². The van der Waals surface area contributed by atoms with Crippen LogP contribution in [-0.2, 0) is 31.0 Å². The van der Waals surface area contributed by atoms with Gasteiger partial charge in [-0.05, 0) is 5.56 Å². The minimum atomic E-state index is -4.85. The summed E-state index contributed by atoms with van der Waals surface area (Å²) in [6.07, 6.45) is 3.12.